The van der Waals surface area contributed by atoms with Crippen LogP contribution in [0.15, 0.2) is 95.2 Å². The number of hydrogen-bond donors (Lipinski definition) is 4. The third kappa shape index (κ3) is 4.66. The molecule has 0 atom stereocenters. The van der Waals surface area contributed by atoms with Crippen LogP contribution in [0.4, 0.5) is 24.5 Å². The number of aromatic amines is 1. The number of rotatable bonds is 5. The maximum absolute atomic E-state index is 12.9. The molecule has 0 bridgehead atoms. The number of carboxylic acid groups (broad SMARTS) is 1. The van der Waals surface area contributed by atoms with E-state index in [4.69, 9.17) is 5.11 Å². The average Bonchev–Trinajstić information content (AvgIpc) is 3.21. The lowest BCUT2D eigenvalue weighted by atomic mass is 10.0. The lowest BCUT2D eigenvalue weighted by Gasteiger charge is -2.08. The van der Waals surface area contributed by atoms with Crippen LogP contribution in [0.5, 0.6) is 11.6 Å². The van der Waals surface area contributed by atoms with Crippen molar-refractivity contribution in [3.8, 4) is 33.9 Å². The highest BCUT2D eigenvalue weighted by Crippen LogP contribution is 2.41. The summed E-state index contributed by atoms with van der Waals surface area (Å²) in [7, 11) is 0. The van der Waals surface area contributed by atoms with E-state index < -0.39 is 17.7 Å². The van der Waals surface area contributed by atoms with Gasteiger partial charge in [-0.05, 0) is 59.2 Å². The summed E-state index contributed by atoms with van der Waals surface area (Å²) in [5.41, 5.74) is 2.30. The van der Waals surface area contributed by atoms with Gasteiger partial charge in [0, 0.05) is 10.9 Å². The van der Waals surface area contributed by atoms with E-state index in [2.05, 4.69) is 15.2 Å². The Bertz CT molecular complexity index is 1690. The van der Waals surface area contributed by atoms with Crippen molar-refractivity contribution >= 4 is 28.2 Å². The number of benzene rings is 4. The average molecular weight is 517 g/mol. The number of azo groups is 1. The van der Waals surface area contributed by atoms with Gasteiger partial charge in [0.25, 0.3) is 0 Å². The Kier molecular flexibility index (Phi) is 6.08. The van der Waals surface area contributed by atoms with Crippen LogP contribution >= 0.6 is 0 Å². The second-order valence-electron chi connectivity index (χ2n) is 8.41. The number of nitrogens with one attached hydrogen (secondary N) is 1. The first-order chi connectivity index (χ1) is 18.1. The number of fused-ring (bicyclic) bond motifs is 1. The zero-order valence-corrected chi connectivity index (χ0v) is 19.4. The third-order valence-electron chi connectivity index (χ3n) is 6.01. The van der Waals surface area contributed by atoms with Gasteiger partial charge in [-0.2, -0.15) is 13.2 Å². The van der Waals surface area contributed by atoms with Crippen molar-refractivity contribution in [3.05, 3.63) is 96.1 Å². The molecule has 1 aromatic heterocycles. The predicted molar refractivity (Wildman–Crippen MR) is 135 cm³/mol. The van der Waals surface area contributed by atoms with Crippen LogP contribution in [0.1, 0.15) is 15.9 Å². The van der Waals surface area contributed by atoms with Gasteiger partial charge in [0.2, 0.25) is 5.88 Å². The Morgan fingerprint density at radius 3 is 2.11 bits per heavy atom. The number of hydrogen-bond acceptors (Lipinski definition) is 5. The van der Waals surface area contributed by atoms with Crippen LogP contribution < -0.4 is 0 Å². The SMILES string of the molecule is O=C(O)c1ccc(-c2cccc(N=Nc3c(O)[nH]c4cc(-c5ccc(C(F)(F)F)cc5)ccc34)c2O)cc1. The smallest absolute Gasteiger partial charge is 0.416 e. The summed E-state index contributed by atoms with van der Waals surface area (Å²) >= 11 is 0. The van der Waals surface area contributed by atoms with E-state index in [1.165, 1.54) is 30.3 Å². The Hall–Kier alpha value is -5.12. The molecule has 4 N–H and O–H groups in total. The molecule has 0 saturated heterocycles. The van der Waals surface area contributed by atoms with Crippen LogP contribution in [0.25, 0.3) is 33.2 Å². The summed E-state index contributed by atoms with van der Waals surface area (Å²) in [6, 6.07) is 20.6. The predicted octanol–water partition coefficient (Wildman–Crippen LogP) is 8.05. The molecule has 0 spiro atoms. The fourth-order valence-corrected chi connectivity index (χ4v) is 4.04. The molecule has 5 aromatic rings. The van der Waals surface area contributed by atoms with Crippen molar-refractivity contribution in [3.63, 3.8) is 0 Å². The first kappa shape index (κ1) is 24.6. The number of aromatic carboxylic acids is 1. The second kappa shape index (κ2) is 9.40. The zero-order chi connectivity index (χ0) is 27.0. The number of H-pyrrole nitrogens is 1. The van der Waals surface area contributed by atoms with Gasteiger partial charge in [0.1, 0.15) is 5.69 Å². The number of nitrogens with zero attached hydrogens (tertiary/aromatic N) is 2. The van der Waals surface area contributed by atoms with Crippen molar-refractivity contribution in [2.24, 2.45) is 10.2 Å². The molecule has 0 aliphatic rings. The van der Waals surface area contributed by atoms with Crippen molar-refractivity contribution in [2.45, 2.75) is 6.18 Å². The number of carbonyl (C=O) groups is 1. The van der Waals surface area contributed by atoms with Crippen molar-refractivity contribution in [1.29, 1.82) is 0 Å². The Balaban J connectivity index is 1.45. The van der Waals surface area contributed by atoms with E-state index in [1.807, 2.05) is 0 Å². The summed E-state index contributed by atoms with van der Waals surface area (Å²) in [6.45, 7) is 0. The zero-order valence-electron chi connectivity index (χ0n) is 19.4. The van der Waals surface area contributed by atoms with E-state index in [0.717, 1.165) is 12.1 Å². The van der Waals surface area contributed by atoms with E-state index in [1.54, 1.807) is 42.5 Å². The number of carboxylic acids is 1. The summed E-state index contributed by atoms with van der Waals surface area (Å²) in [4.78, 5) is 13.9. The summed E-state index contributed by atoms with van der Waals surface area (Å²) in [5, 5.41) is 39.0. The highest BCUT2D eigenvalue weighted by molar-refractivity contribution is 5.96. The van der Waals surface area contributed by atoms with Gasteiger partial charge in [0.15, 0.2) is 11.4 Å². The standard InChI is InChI=1S/C28H18F3N3O4/c29-28(30,31)19-11-8-15(9-12-19)18-10-13-21-23(14-18)32-26(36)24(21)34-33-22-3-1-2-20(25(22)35)16-4-6-17(7-5-16)27(37)38/h1-14,32,35-36H,(H,37,38). The molecule has 0 fully saturated rings. The van der Waals surface area contributed by atoms with Gasteiger partial charge in [-0.1, -0.05) is 42.5 Å². The minimum Gasteiger partial charge on any atom is -0.505 e. The molecule has 190 valence electrons. The summed E-state index contributed by atoms with van der Waals surface area (Å²) < 4.78 is 38.6. The van der Waals surface area contributed by atoms with Gasteiger partial charge in [0.05, 0.1) is 16.6 Å². The number of phenolic OH excluding ortho intramolecular Hbond substituents is 1. The minimum atomic E-state index is -4.42. The minimum absolute atomic E-state index is 0.111. The van der Waals surface area contributed by atoms with E-state index in [-0.39, 0.29) is 28.6 Å². The third-order valence-corrected chi connectivity index (χ3v) is 6.01. The Labute approximate surface area is 213 Å². The molecule has 0 aliphatic heterocycles. The lowest BCUT2D eigenvalue weighted by molar-refractivity contribution is -0.137. The molecule has 38 heavy (non-hydrogen) atoms. The fourth-order valence-electron chi connectivity index (χ4n) is 4.04. The van der Waals surface area contributed by atoms with Crippen molar-refractivity contribution in [1.82, 2.24) is 4.98 Å². The van der Waals surface area contributed by atoms with Crippen molar-refractivity contribution < 1.29 is 33.3 Å². The van der Waals surface area contributed by atoms with Crippen LogP contribution in [0, 0.1) is 0 Å². The van der Waals surface area contributed by atoms with Crippen LogP contribution in [0.3, 0.4) is 0 Å². The largest absolute Gasteiger partial charge is 0.505 e. The molecule has 0 amide bonds. The van der Waals surface area contributed by atoms with E-state index in [9.17, 15) is 28.2 Å². The number of para-hydroxylation sites is 1. The van der Waals surface area contributed by atoms with Crippen LogP contribution in [-0.4, -0.2) is 26.3 Å². The maximum atomic E-state index is 12.9. The van der Waals surface area contributed by atoms with Crippen LogP contribution in [-0.2, 0) is 6.18 Å². The number of halogens is 3. The normalized spacial score (nSPS) is 11.9. The number of phenols is 1. The molecule has 0 unspecified atom stereocenters. The Morgan fingerprint density at radius 2 is 1.45 bits per heavy atom. The molecule has 7 nitrogen and oxygen atoms in total. The topological polar surface area (TPSA) is 118 Å². The highest BCUT2D eigenvalue weighted by Gasteiger charge is 2.30. The highest BCUT2D eigenvalue weighted by atomic mass is 19.4. The van der Waals surface area contributed by atoms with Gasteiger partial charge in [-0.15, -0.1) is 10.2 Å². The first-order valence-corrected chi connectivity index (χ1v) is 11.2. The molecular formula is C28H18F3N3O4. The van der Waals surface area contributed by atoms with Crippen molar-refractivity contribution in [2.75, 3.05) is 0 Å². The first-order valence-electron chi connectivity index (χ1n) is 11.2. The van der Waals surface area contributed by atoms with E-state index >= 15 is 0 Å². The Morgan fingerprint density at radius 1 is 0.789 bits per heavy atom. The number of alkyl halides is 3. The lowest BCUT2D eigenvalue weighted by Crippen LogP contribution is -2.03. The molecule has 1 heterocycles. The molecule has 0 saturated carbocycles. The molecule has 4 aromatic carbocycles. The summed E-state index contributed by atoms with van der Waals surface area (Å²) in [5.74, 6) is -1.51. The fraction of sp³-hybridized carbons (Fsp3) is 0.0357. The van der Waals surface area contributed by atoms with Gasteiger partial charge >= 0.3 is 12.1 Å². The number of aromatic hydroxyl groups is 2. The molecule has 5 rings (SSSR count). The quantitative estimate of drug-likeness (QED) is 0.176. The van der Waals surface area contributed by atoms with Crippen LogP contribution in [0.2, 0.25) is 0 Å². The summed E-state index contributed by atoms with van der Waals surface area (Å²) in [6.07, 6.45) is -4.42. The molecule has 10 heteroatoms. The monoisotopic (exact) mass is 517 g/mol. The maximum Gasteiger partial charge on any atom is 0.416 e. The number of aromatic nitrogens is 1. The van der Waals surface area contributed by atoms with Gasteiger partial charge < -0.3 is 20.3 Å². The van der Waals surface area contributed by atoms with Gasteiger partial charge in [-0.3, -0.25) is 0 Å². The second-order valence-corrected chi connectivity index (χ2v) is 8.41. The van der Waals surface area contributed by atoms with Gasteiger partial charge in [-0.25, -0.2) is 4.79 Å². The molecule has 0 aliphatic carbocycles. The molecular weight excluding hydrogens is 499 g/mol. The van der Waals surface area contributed by atoms with E-state index in [0.29, 0.717) is 33.2 Å². The molecule has 0 radical (unpaired) electrons.